The van der Waals surface area contributed by atoms with Crippen molar-refractivity contribution in [3.05, 3.63) is 76.1 Å². The molecule has 3 rings (SSSR count). The summed E-state index contributed by atoms with van der Waals surface area (Å²) in [7, 11) is 0. The number of nitrogens with zero attached hydrogens (tertiary/aromatic N) is 2. The van der Waals surface area contributed by atoms with E-state index in [1.54, 1.807) is 12.2 Å². The standard InChI is InChI=1S/C23H26ClFN2O/c1-16-4-7-20(22(24)12-16)8-11-23(28)27-14-17(2)26(13-18(27)3)15-19-5-9-21(25)10-6-19/h4-12,17-18H,13-15H2,1-3H3/b11-8+. The Morgan fingerprint density at radius 3 is 2.54 bits per heavy atom. The first-order chi connectivity index (χ1) is 13.3. The lowest BCUT2D eigenvalue weighted by Crippen LogP contribution is -2.57. The summed E-state index contributed by atoms with van der Waals surface area (Å²) in [5, 5.41) is 0.648. The second-order valence-electron chi connectivity index (χ2n) is 7.60. The van der Waals surface area contributed by atoms with Crippen molar-refractivity contribution in [2.75, 3.05) is 13.1 Å². The fourth-order valence-electron chi connectivity index (χ4n) is 3.57. The smallest absolute Gasteiger partial charge is 0.246 e. The van der Waals surface area contributed by atoms with E-state index >= 15 is 0 Å². The summed E-state index contributed by atoms with van der Waals surface area (Å²) in [5.41, 5.74) is 3.01. The van der Waals surface area contributed by atoms with Gasteiger partial charge in [-0.1, -0.05) is 35.9 Å². The molecule has 0 aliphatic carbocycles. The Hall–Kier alpha value is -2.17. The number of rotatable bonds is 4. The number of halogens is 2. The molecule has 1 amide bonds. The van der Waals surface area contributed by atoms with E-state index in [9.17, 15) is 9.18 Å². The Balaban J connectivity index is 1.63. The van der Waals surface area contributed by atoms with E-state index in [2.05, 4.69) is 18.7 Å². The third-order valence-corrected chi connectivity index (χ3v) is 5.59. The fourth-order valence-corrected chi connectivity index (χ4v) is 3.87. The molecule has 1 aliphatic heterocycles. The molecule has 0 radical (unpaired) electrons. The maximum absolute atomic E-state index is 13.1. The van der Waals surface area contributed by atoms with E-state index in [-0.39, 0.29) is 23.8 Å². The first-order valence-corrected chi connectivity index (χ1v) is 9.94. The number of hydrogen-bond donors (Lipinski definition) is 0. The van der Waals surface area contributed by atoms with Crippen LogP contribution in [0.2, 0.25) is 5.02 Å². The molecule has 0 N–H and O–H groups in total. The maximum Gasteiger partial charge on any atom is 0.246 e. The number of benzene rings is 2. The predicted octanol–water partition coefficient (Wildman–Crippen LogP) is 4.92. The van der Waals surface area contributed by atoms with Gasteiger partial charge >= 0.3 is 0 Å². The molecule has 1 saturated heterocycles. The summed E-state index contributed by atoms with van der Waals surface area (Å²) in [6.07, 6.45) is 3.39. The van der Waals surface area contributed by atoms with E-state index in [1.165, 1.54) is 12.1 Å². The molecule has 148 valence electrons. The molecule has 1 aliphatic rings. The highest BCUT2D eigenvalue weighted by molar-refractivity contribution is 6.32. The van der Waals surface area contributed by atoms with E-state index in [0.717, 1.165) is 29.8 Å². The quantitative estimate of drug-likeness (QED) is 0.680. The van der Waals surface area contributed by atoms with Gasteiger partial charge in [0.2, 0.25) is 5.91 Å². The van der Waals surface area contributed by atoms with E-state index in [1.807, 2.05) is 42.2 Å². The minimum atomic E-state index is -0.221. The first-order valence-electron chi connectivity index (χ1n) is 9.57. The highest BCUT2D eigenvalue weighted by atomic mass is 35.5. The van der Waals surface area contributed by atoms with Crippen LogP contribution in [0.15, 0.2) is 48.5 Å². The Bertz CT molecular complexity index is 865. The molecular formula is C23H26ClFN2O. The number of aryl methyl sites for hydroxylation is 1. The van der Waals surface area contributed by atoms with Crippen LogP contribution >= 0.6 is 11.6 Å². The molecule has 2 unspecified atom stereocenters. The molecule has 2 atom stereocenters. The van der Waals surface area contributed by atoms with Crippen LogP contribution in [0.1, 0.15) is 30.5 Å². The zero-order chi connectivity index (χ0) is 20.3. The van der Waals surface area contributed by atoms with Crippen molar-refractivity contribution >= 4 is 23.6 Å². The predicted molar refractivity (Wildman–Crippen MR) is 113 cm³/mol. The average Bonchev–Trinajstić information content (AvgIpc) is 2.65. The van der Waals surface area contributed by atoms with Gasteiger partial charge < -0.3 is 4.90 Å². The van der Waals surface area contributed by atoms with Crippen molar-refractivity contribution in [3.8, 4) is 0 Å². The summed E-state index contributed by atoms with van der Waals surface area (Å²) in [4.78, 5) is 17.0. The monoisotopic (exact) mass is 400 g/mol. The van der Waals surface area contributed by atoms with Gasteiger partial charge in [0.1, 0.15) is 5.82 Å². The van der Waals surface area contributed by atoms with Crippen LogP contribution in [0.4, 0.5) is 4.39 Å². The molecule has 2 aromatic rings. The van der Waals surface area contributed by atoms with Gasteiger partial charge in [0.05, 0.1) is 0 Å². The summed E-state index contributed by atoms with van der Waals surface area (Å²) in [6, 6.07) is 12.7. The SMILES string of the molecule is Cc1ccc(/C=C/C(=O)N2CC(C)N(Cc3ccc(F)cc3)CC2C)c(Cl)c1. The fraction of sp³-hybridized carbons (Fsp3) is 0.348. The van der Waals surface area contributed by atoms with Gasteiger partial charge in [0.25, 0.3) is 0 Å². The molecule has 0 aromatic heterocycles. The van der Waals surface area contributed by atoms with Crippen LogP contribution in [-0.2, 0) is 11.3 Å². The molecule has 1 heterocycles. The Morgan fingerprint density at radius 1 is 1.14 bits per heavy atom. The van der Waals surface area contributed by atoms with Crippen molar-refractivity contribution in [2.24, 2.45) is 0 Å². The van der Waals surface area contributed by atoms with Gasteiger partial charge in [-0.2, -0.15) is 0 Å². The second-order valence-corrected chi connectivity index (χ2v) is 8.01. The zero-order valence-corrected chi connectivity index (χ0v) is 17.3. The lowest BCUT2D eigenvalue weighted by molar-refractivity contribution is -0.131. The third-order valence-electron chi connectivity index (χ3n) is 5.26. The summed E-state index contributed by atoms with van der Waals surface area (Å²) >= 11 is 6.25. The molecule has 2 aromatic carbocycles. The number of hydrogen-bond acceptors (Lipinski definition) is 2. The van der Waals surface area contributed by atoms with E-state index in [4.69, 9.17) is 11.6 Å². The summed E-state index contributed by atoms with van der Waals surface area (Å²) < 4.78 is 13.1. The minimum absolute atomic E-state index is 0.00239. The summed E-state index contributed by atoms with van der Waals surface area (Å²) in [6.45, 7) is 8.36. The molecule has 3 nitrogen and oxygen atoms in total. The first kappa shape index (κ1) is 20.6. The largest absolute Gasteiger partial charge is 0.334 e. The Morgan fingerprint density at radius 2 is 1.86 bits per heavy atom. The van der Waals surface area contributed by atoms with Gasteiger partial charge in [0, 0.05) is 42.8 Å². The maximum atomic E-state index is 13.1. The van der Waals surface area contributed by atoms with Crippen molar-refractivity contribution in [1.82, 2.24) is 9.80 Å². The van der Waals surface area contributed by atoms with Crippen molar-refractivity contribution in [1.29, 1.82) is 0 Å². The van der Waals surface area contributed by atoms with Crippen LogP contribution in [0.25, 0.3) is 6.08 Å². The number of carbonyl (C=O) groups excluding carboxylic acids is 1. The molecular weight excluding hydrogens is 375 g/mol. The highest BCUT2D eigenvalue weighted by Gasteiger charge is 2.30. The number of carbonyl (C=O) groups is 1. The van der Waals surface area contributed by atoms with Crippen LogP contribution in [0.5, 0.6) is 0 Å². The van der Waals surface area contributed by atoms with Crippen molar-refractivity contribution in [3.63, 3.8) is 0 Å². The lowest BCUT2D eigenvalue weighted by atomic mass is 10.1. The number of amides is 1. The van der Waals surface area contributed by atoms with Crippen LogP contribution in [0.3, 0.4) is 0 Å². The van der Waals surface area contributed by atoms with Crippen LogP contribution < -0.4 is 0 Å². The third kappa shape index (κ3) is 5.00. The Labute approximate surface area is 171 Å². The lowest BCUT2D eigenvalue weighted by Gasteiger charge is -2.44. The molecule has 28 heavy (non-hydrogen) atoms. The van der Waals surface area contributed by atoms with Crippen LogP contribution in [-0.4, -0.2) is 40.9 Å². The van der Waals surface area contributed by atoms with Gasteiger partial charge in [-0.25, -0.2) is 4.39 Å². The zero-order valence-electron chi connectivity index (χ0n) is 16.5. The van der Waals surface area contributed by atoms with Crippen molar-refractivity contribution < 1.29 is 9.18 Å². The molecule has 5 heteroatoms. The molecule has 1 fully saturated rings. The van der Waals surface area contributed by atoms with Crippen molar-refractivity contribution in [2.45, 2.75) is 39.4 Å². The van der Waals surface area contributed by atoms with Gasteiger partial charge in [-0.15, -0.1) is 0 Å². The van der Waals surface area contributed by atoms with E-state index in [0.29, 0.717) is 11.6 Å². The molecule has 0 spiro atoms. The van der Waals surface area contributed by atoms with Crippen LogP contribution in [0, 0.1) is 12.7 Å². The topological polar surface area (TPSA) is 23.6 Å². The Kier molecular flexibility index (Phi) is 6.53. The van der Waals surface area contributed by atoms with Gasteiger partial charge in [-0.3, -0.25) is 9.69 Å². The highest BCUT2D eigenvalue weighted by Crippen LogP contribution is 2.21. The molecule has 0 saturated carbocycles. The summed E-state index contributed by atoms with van der Waals surface area (Å²) in [5.74, 6) is -0.224. The van der Waals surface area contributed by atoms with Gasteiger partial charge in [0.15, 0.2) is 0 Å². The normalized spacial score (nSPS) is 20.7. The van der Waals surface area contributed by atoms with E-state index < -0.39 is 0 Å². The molecule has 0 bridgehead atoms. The average molecular weight is 401 g/mol. The number of piperazine rings is 1. The minimum Gasteiger partial charge on any atom is -0.334 e. The second kappa shape index (κ2) is 8.89. The van der Waals surface area contributed by atoms with Gasteiger partial charge in [-0.05, 0) is 61.7 Å².